The minimum Gasteiger partial charge on any atom is -0.403 e. The minimum absolute atomic E-state index is 0.123. The molecule has 1 amide bonds. The lowest BCUT2D eigenvalue weighted by molar-refractivity contribution is 0.102. The predicted molar refractivity (Wildman–Crippen MR) is 96.4 cm³/mol. The van der Waals surface area contributed by atoms with Crippen molar-refractivity contribution in [3.8, 4) is 11.5 Å². The summed E-state index contributed by atoms with van der Waals surface area (Å²) in [6.07, 6.45) is 0. The maximum Gasteiger partial charge on any atom is 0.322 e. The molecule has 7 nitrogen and oxygen atoms in total. The highest BCUT2D eigenvalue weighted by atomic mass is 32.2. The van der Waals surface area contributed by atoms with Crippen molar-refractivity contribution < 1.29 is 22.0 Å². The first-order valence-electron chi connectivity index (χ1n) is 8.02. The van der Waals surface area contributed by atoms with Gasteiger partial charge in [0, 0.05) is 11.1 Å². The molecule has 9 heteroatoms. The van der Waals surface area contributed by atoms with Gasteiger partial charge in [0.1, 0.15) is 5.82 Å². The van der Waals surface area contributed by atoms with Crippen LogP contribution in [-0.2, 0) is 9.84 Å². The Bertz CT molecular complexity index is 1060. The molecule has 3 aromatic rings. The average molecular weight is 389 g/mol. The number of benzene rings is 2. The highest BCUT2D eigenvalue weighted by Crippen LogP contribution is 2.23. The van der Waals surface area contributed by atoms with Gasteiger partial charge < -0.3 is 4.42 Å². The van der Waals surface area contributed by atoms with Crippen LogP contribution in [0.25, 0.3) is 11.5 Å². The molecular formula is C18H16FN3O4S. The van der Waals surface area contributed by atoms with Crippen LogP contribution in [0.15, 0.2) is 57.8 Å². The summed E-state index contributed by atoms with van der Waals surface area (Å²) in [6, 6.07) is 10.9. The summed E-state index contributed by atoms with van der Waals surface area (Å²) in [6.45, 7) is 3.22. The average Bonchev–Trinajstić information content (AvgIpc) is 3.10. The van der Waals surface area contributed by atoms with Gasteiger partial charge >= 0.3 is 6.01 Å². The lowest BCUT2D eigenvalue weighted by atomic mass is 10.2. The first-order valence-corrected chi connectivity index (χ1v) is 9.57. The number of nitrogens with one attached hydrogen (secondary N) is 1. The number of anilines is 1. The standard InChI is InChI=1S/C18H16FN3O4S/c1-11(2)27(24,25)15-9-5-13(6-10-15)17-21-22-18(26-17)20-16(23)12-3-7-14(19)8-4-12/h3-11H,1-2H3,(H,20,22,23). The third-order valence-corrected chi connectivity index (χ3v) is 5.97. The molecule has 0 aliphatic heterocycles. The number of amides is 1. The normalized spacial score (nSPS) is 11.6. The number of carbonyl (C=O) groups excluding carboxylic acids is 1. The van der Waals surface area contributed by atoms with Gasteiger partial charge in [0.05, 0.1) is 10.1 Å². The van der Waals surface area contributed by atoms with E-state index < -0.39 is 26.8 Å². The van der Waals surface area contributed by atoms with Crippen LogP contribution in [0.5, 0.6) is 0 Å². The SMILES string of the molecule is CC(C)S(=O)(=O)c1ccc(-c2nnc(NC(=O)c3ccc(F)cc3)o2)cc1. The second-order valence-corrected chi connectivity index (χ2v) is 8.50. The second-order valence-electron chi connectivity index (χ2n) is 5.99. The quantitative estimate of drug-likeness (QED) is 0.718. The molecule has 1 aromatic heterocycles. The number of carbonyl (C=O) groups is 1. The van der Waals surface area contributed by atoms with E-state index in [0.29, 0.717) is 5.56 Å². The molecule has 0 saturated heterocycles. The van der Waals surface area contributed by atoms with Crippen molar-refractivity contribution in [2.45, 2.75) is 24.0 Å². The van der Waals surface area contributed by atoms with Gasteiger partial charge in [-0.15, -0.1) is 5.10 Å². The van der Waals surface area contributed by atoms with Crippen molar-refractivity contribution in [1.29, 1.82) is 0 Å². The van der Waals surface area contributed by atoms with Crippen molar-refractivity contribution in [1.82, 2.24) is 10.2 Å². The molecule has 0 spiro atoms. The highest BCUT2D eigenvalue weighted by molar-refractivity contribution is 7.92. The summed E-state index contributed by atoms with van der Waals surface area (Å²) in [5.41, 5.74) is 0.742. The van der Waals surface area contributed by atoms with Gasteiger partial charge in [-0.3, -0.25) is 10.1 Å². The van der Waals surface area contributed by atoms with Gasteiger partial charge in [0.15, 0.2) is 9.84 Å². The van der Waals surface area contributed by atoms with Gasteiger partial charge in [0.2, 0.25) is 5.89 Å². The van der Waals surface area contributed by atoms with E-state index >= 15 is 0 Å². The van der Waals surface area contributed by atoms with Crippen molar-refractivity contribution >= 4 is 21.8 Å². The third kappa shape index (κ3) is 4.03. The molecular weight excluding hydrogens is 373 g/mol. The second kappa shape index (κ2) is 7.28. The predicted octanol–water partition coefficient (Wildman–Crippen LogP) is 3.31. The van der Waals surface area contributed by atoms with Crippen LogP contribution in [0, 0.1) is 5.82 Å². The maximum absolute atomic E-state index is 12.9. The van der Waals surface area contributed by atoms with E-state index in [0.717, 1.165) is 0 Å². The topological polar surface area (TPSA) is 102 Å². The van der Waals surface area contributed by atoms with Gasteiger partial charge in [0.25, 0.3) is 5.91 Å². The lowest BCUT2D eigenvalue weighted by Crippen LogP contribution is -2.13. The molecule has 140 valence electrons. The fourth-order valence-corrected chi connectivity index (χ4v) is 3.28. The molecule has 0 atom stereocenters. The smallest absolute Gasteiger partial charge is 0.322 e. The number of hydrogen-bond acceptors (Lipinski definition) is 6. The van der Waals surface area contributed by atoms with Gasteiger partial charge in [-0.1, -0.05) is 5.10 Å². The van der Waals surface area contributed by atoms with E-state index in [1.807, 2.05) is 0 Å². The maximum atomic E-state index is 12.9. The number of hydrogen-bond donors (Lipinski definition) is 1. The Hall–Kier alpha value is -3.07. The first kappa shape index (κ1) is 18.7. The fraction of sp³-hybridized carbons (Fsp3) is 0.167. The summed E-state index contributed by atoms with van der Waals surface area (Å²) < 4.78 is 42.6. The van der Waals surface area contributed by atoms with E-state index in [9.17, 15) is 17.6 Å². The van der Waals surface area contributed by atoms with Gasteiger partial charge in [-0.25, -0.2) is 12.8 Å². The molecule has 0 aliphatic carbocycles. The van der Waals surface area contributed by atoms with Crippen LogP contribution < -0.4 is 5.32 Å². The first-order chi connectivity index (χ1) is 12.8. The van der Waals surface area contributed by atoms with Crippen molar-refractivity contribution in [2.24, 2.45) is 0 Å². The molecule has 0 saturated carbocycles. The molecule has 1 heterocycles. The summed E-state index contributed by atoms with van der Waals surface area (Å²) in [4.78, 5) is 12.3. The van der Waals surface area contributed by atoms with Crippen molar-refractivity contribution in [3.63, 3.8) is 0 Å². The summed E-state index contributed by atoms with van der Waals surface area (Å²) in [5, 5.41) is 9.46. The Morgan fingerprint density at radius 2 is 1.67 bits per heavy atom. The summed E-state index contributed by atoms with van der Waals surface area (Å²) in [7, 11) is -3.37. The van der Waals surface area contributed by atoms with Crippen LogP contribution in [0.4, 0.5) is 10.4 Å². The van der Waals surface area contributed by atoms with Crippen LogP contribution in [0.1, 0.15) is 24.2 Å². The van der Waals surface area contributed by atoms with Crippen LogP contribution in [-0.4, -0.2) is 29.8 Å². The molecule has 0 aliphatic rings. The van der Waals surface area contributed by atoms with Crippen molar-refractivity contribution in [3.05, 3.63) is 59.9 Å². The van der Waals surface area contributed by atoms with Crippen LogP contribution >= 0.6 is 0 Å². The number of sulfone groups is 1. The zero-order valence-corrected chi connectivity index (χ0v) is 15.3. The molecule has 0 bridgehead atoms. The Morgan fingerprint density at radius 1 is 1.04 bits per heavy atom. The van der Waals surface area contributed by atoms with E-state index in [-0.39, 0.29) is 22.4 Å². The Kier molecular flexibility index (Phi) is 5.04. The molecule has 0 unspecified atom stereocenters. The Labute approximate surface area is 155 Å². The number of aromatic nitrogens is 2. The molecule has 2 aromatic carbocycles. The lowest BCUT2D eigenvalue weighted by Gasteiger charge is -2.07. The zero-order chi connectivity index (χ0) is 19.6. The zero-order valence-electron chi connectivity index (χ0n) is 14.5. The third-order valence-electron chi connectivity index (χ3n) is 3.80. The van der Waals surface area contributed by atoms with Crippen LogP contribution in [0.2, 0.25) is 0 Å². The van der Waals surface area contributed by atoms with E-state index in [4.69, 9.17) is 4.42 Å². The van der Waals surface area contributed by atoms with Gasteiger partial charge in [-0.05, 0) is 62.4 Å². The van der Waals surface area contributed by atoms with E-state index in [1.54, 1.807) is 26.0 Å². The van der Waals surface area contributed by atoms with Crippen molar-refractivity contribution in [2.75, 3.05) is 5.32 Å². The summed E-state index contributed by atoms with van der Waals surface area (Å²) in [5.74, 6) is -0.851. The monoisotopic (exact) mass is 389 g/mol. The summed E-state index contributed by atoms with van der Waals surface area (Å²) >= 11 is 0. The van der Waals surface area contributed by atoms with Gasteiger partial charge in [-0.2, -0.15) is 0 Å². The highest BCUT2D eigenvalue weighted by Gasteiger charge is 2.19. The molecule has 3 rings (SSSR count). The Balaban J connectivity index is 1.76. The molecule has 0 fully saturated rings. The number of halogens is 1. The van der Waals surface area contributed by atoms with E-state index in [2.05, 4.69) is 15.5 Å². The molecule has 27 heavy (non-hydrogen) atoms. The van der Waals surface area contributed by atoms with Crippen LogP contribution in [0.3, 0.4) is 0 Å². The largest absolute Gasteiger partial charge is 0.403 e. The Morgan fingerprint density at radius 3 is 2.26 bits per heavy atom. The molecule has 0 radical (unpaired) electrons. The minimum atomic E-state index is -3.37. The number of nitrogens with zero attached hydrogens (tertiary/aromatic N) is 2. The van der Waals surface area contributed by atoms with E-state index in [1.165, 1.54) is 36.4 Å². The fourth-order valence-electron chi connectivity index (χ4n) is 2.22. The number of rotatable bonds is 5. The molecule has 1 N–H and O–H groups in total.